The highest BCUT2D eigenvalue weighted by atomic mass is 16.5. The summed E-state index contributed by atoms with van der Waals surface area (Å²) in [6.07, 6.45) is -0.387. The van der Waals surface area contributed by atoms with Gasteiger partial charge in [-0.3, -0.25) is 9.36 Å². The highest BCUT2D eigenvalue weighted by molar-refractivity contribution is 5.95. The maximum Gasteiger partial charge on any atom is 0.271 e. The van der Waals surface area contributed by atoms with Crippen LogP contribution in [0.15, 0.2) is 6.33 Å². The minimum atomic E-state index is -0.774. The first-order valence-electron chi connectivity index (χ1n) is 5.11. The summed E-state index contributed by atoms with van der Waals surface area (Å²) in [5.74, 6) is -0.633. The van der Waals surface area contributed by atoms with Crippen molar-refractivity contribution < 1.29 is 19.7 Å². The highest BCUT2D eigenvalue weighted by Gasteiger charge is 2.35. The molecule has 0 saturated carbocycles. The van der Waals surface area contributed by atoms with Gasteiger partial charge in [-0.15, -0.1) is 0 Å². The van der Waals surface area contributed by atoms with Crippen molar-refractivity contribution in [3.8, 4) is 0 Å². The van der Waals surface area contributed by atoms with Crippen LogP contribution in [0.1, 0.15) is 23.1 Å². The quantitative estimate of drug-likeness (QED) is 0.494. The monoisotopic (exact) mass is 242 g/mol. The molecule has 1 aromatic rings. The Morgan fingerprint density at radius 2 is 2.41 bits per heavy atom. The smallest absolute Gasteiger partial charge is 0.271 e. The third-order valence-corrected chi connectivity index (χ3v) is 2.76. The van der Waals surface area contributed by atoms with Gasteiger partial charge < -0.3 is 26.4 Å². The van der Waals surface area contributed by atoms with E-state index in [-0.39, 0.29) is 24.5 Å². The molecule has 17 heavy (non-hydrogen) atoms. The molecular formula is C9H14N4O4. The average molecular weight is 242 g/mol. The van der Waals surface area contributed by atoms with Crippen LogP contribution in [-0.2, 0) is 4.74 Å². The normalized spacial score (nSPS) is 28.5. The van der Waals surface area contributed by atoms with E-state index in [0.717, 1.165) is 0 Å². The van der Waals surface area contributed by atoms with Crippen LogP contribution < -0.4 is 11.5 Å². The Labute approximate surface area is 96.8 Å². The number of hydrogen-bond acceptors (Lipinski definition) is 6. The number of anilines is 1. The van der Waals surface area contributed by atoms with E-state index in [1.165, 1.54) is 10.9 Å². The maximum absolute atomic E-state index is 11.0. The molecule has 0 aliphatic carbocycles. The molecule has 1 aliphatic heterocycles. The molecule has 8 heteroatoms. The van der Waals surface area contributed by atoms with Gasteiger partial charge in [-0.25, -0.2) is 4.98 Å². The number of aliphatic hydroxyl groups excluding tert-OH is 2. The number of rotatable bonds is 3. The molecule has 0 spiro atoms. The van der Waals surface area contributed by atoms with Gasteiger partial charge >= 0.3 is 0 Å². The zero-order chi connectivity index (χ0) is 12.6. The molecule has 3 atom stereocenters. The molecule has 1 saturated heterocycles. The highest BCUT2D eigenvalue weighted by Crippen LogP contribution is 2.30. The van der Waals surface area contributed by atoms with Crippen LogP contribution in [0.4, 0.5) is 5.82 Å². The SMILES string of the molecule is NC(=O)c1ncn(C2C[C@H](O)[C@@H](CO)O2)c1N. The van der Waals surface area contributed by atoms with Gasteiger partial charge in [0.15, 0.2) is 5.69 Å². The van der Waals surface area contributed by atoms with Crippen LogP contribution in [0.5, 0.6) is 0 Å². The Morgan fingerprint density at radius 3 is 2.88 bits per heavy atom. The molecule has 2 rings (SSSR count). The number of ether oxygens (including phenoxy) is 1. The fraction of sp³-hybridized carbons (Fsp3) is 0.556. The van der Waals surface area contributed by atoms with E-state index in [1.54, 1.807) is 0 Å². The molecule has 0 aromatic carbocycles. The number of primary amides is 1. The topological polar surface area (TPSA) is 137 Å². The molecule has 1 fully saturated rings. The van der Waals surface area contributed by atoms with Gasteiger partial charge in [0, 0.05) is 6.42 Å². The van der Waals surface area contributed by atoms with Crippen LogP contribution in [0.3, 0.4) is 0 Å². The Hall–Kier alpha value is -1.64. The van der Waals surface area contributed by atoms with Gasteiger partial charge in [-0.1, -0.05) is 0 Å². The molecule has 1 unspecified atom stereocenters. The van der Waals surface area contributed by atoms with E-state index >= 15 is 0 Å². The average Bonchev–Trinajstić information content (AvgIpc) is 2.81. The third-order valence-electron chi connectivity index (χ3n) is 2.76. The van der Waals surface area contributed by atoms with Crippen LogP contribution in [0.25, 0.3) is 0 Å². The molecule has 1 aromatic heterocycles. The predicted octanol–water partition coefficient (Wildman–Crippen LogP) is -1.80. The fourth-order valence-corrected chi connectivity index (χ4v) is 1.84. The number of carbonyl (C=O) groups is 1. The van der Waals surface area contributed by atoms with Crippen molar-refractivity contribution in [3.63, 3.8) is 0 Å². The number of aliphatic hydroxyl groups is 2. The number of hydrogen-bond donors (Lipinski definition) is 4. The summed E-state index contributed by atoms with van der Waals surface area (Å²) in [6.45, 7) is -0.283. The summed E-state index contributed by atoms with van der Waals surface area (Å²) < 4.78 is 6.79. The first kappa shape index (κ1) is 11.8. The van der Waals surface area contributed by atoms with E-state index in [4.69, 9.17) is 21.3 Å². The van der Waals surface area contributed by atoms with Crippen LogP contribution >= 0.6 is 0 Å². The number of nitrogens with two attached hydrogens (primary N) is 2. The van der Waals surface area contributed by atoms with Crippen molar-refractivity contribution in [1.29, 1.82) is 0 Å². The lowest BCUT2D eigenvalue weighted by molar-refractivity contribution is -0.0436. The predicted molar refractivity (Wildman–Crippen MR) is 56.8 cm³/mol. The second kappa shape index (κ2) is 4.32. The lowest BCUT2D eigenvalue weighted by atomic mass is 10.2. The summed E-state index contributed by atoms with van der Waals surface area (Å²) in [6, 6.07) is 0. The van der Waals surface area contributed by atoms with Crippen molar-refractivity contribution in [3.05, 3.63) is 12.0 Å². The number of aromatic nitrogens is 2. The lowest BCUT2D eigenvalue weighted by Crippen LogP contribution is -2.24. The maximum atomic E-state index is 11.0. The summed E-state index contributed by atoms with van der Waals surface area (Å²) in [5, 5.41) is 18.5. The zero-order valence-corrected chi connectivity index (χ0v) is 8.98. The number of imidazole rings is 1. The van der Waals surface area contributed by atoms with E-state index in [1.807, 2.05) is 0 Å². The van der Waals surface area contributed by atoms with Crippen molar-refractivity contribution in [1.82, 2.24) is 9.55 Å². The van der Waals surface area contributed by atoms with E-state index < -0.39 is 24.3 Å². The molecule has 94 valence electrons. The molecule has 6 N–H and O–H groups in total. The lowest BCUT2D eigenvalue weighted by Gasteiger charge is -2.14. The molecule has 0 radical (unpaired) electrons. The minimum Gasteiger partial charge on any atom is -0.394 e. The third kappa shape index (κ3) is 1.97. The number of nitrogens with zero attached hydrogens (tertiary/aromatic N) is 2. The van der Waals surface area contributed by atoms with Gasteiger partial charge in [0.25, 0.3) is 5.91 Å². The summed E-state index contributed by atoms with van der Waals surface area (Å²) >= 11 is 0. The first-order chi connectivity index (χ1) is 8.04. The number of amides is 1. The molecule has 2 heterocycles. The molecule has 0 bridgehead atoms. The molecule has 8 nitrogen and oxygen atoms in total. The number of nitrogen functional groups attached to an aromatic ring is 1. The second-order valence-electron chi connectivity index (χ2n) is 3.86. The van der Waals surface area contributed by atoms with Gasteiger partial charge in [-0.05, 0) is 0 Å². The second-order valence-corrected chi connectivity index (χ2v) is 3.86. The fourth-order valence-electron chi connectivity index (χ4n) is 1.84. The van der Waals surface area contributed by atoms with Gasteiger partial charge in [-0.2, -0.15) is 0 Å². The Balaban J connectivity index is 2.22. The summed E-state index contributed by atoms with van der Waals surface area (Å²) in [5.41, 5.74) is 10.7. The van der Waals surface area contributed by atoms with E-state index in [2.05, 4.69) is 4.98 Å². The zero-order valence-electron chi connectivity index (χ0n) is 8.98. The summed E-state index contributed by atoms with van der Waals surface area (Å²) in [4.78, 5) is 14.7. The minimum absolute atomic E-state index is 0.0319. The van der Waals surface area contributed by atoms with Crippen molar-refractivity contribution in [2.24, 2.45) is 5.73 Å². The van der Waals surface area contributed by atoms with Gasteiger partial charge in [0.1, 0.15) is 18.1 Å². The van der Waals surface area contributed by atoms with Gasteiger partial charge in [0.2, 0.25) is 0 Å². The first-order valence-corrected chi connectivity index (χ1v) is 5.11. The van der Waals surface area contributed by atoms with Crippen LogP contribution in [0.2, 0.25) is 0 Å². The molecular weight excluding hydrogens is 228 g/mol. The number of carbonyl (C=O) groups excluding carboxylic acids is 1. The van der Waals surface area contributed by atoms with Crippen molar-refractivity contribution in [2.45, 2.75) is 24.9 Å². The van der Waals surface area contributed by atoms with Crippen molar-refractivity contribution >= 4 is 11.7 Å². The van der Waals surface area contributed by atoms with Crippen molar-refractivity contribution in [2.75, 3.05) is 12.3 Å². The largest absolute Gasteiger partial charge is 0.394 e. The Morgan fingerprint density at radius 1 is 1.71 bits per heavy atom. The summed E-state index contributed by atoms with van der Waals surface area (Å²) in [7, 11) is 0. The standard InChI is InChI=1S/C9H14N4O4/c10-8-7(9(11)16)12-3-13(8)6-1-4(15)5(2-14)17-6/h3-6,14-15H,1-2,10H2,(H2,11,16)/t4-,5+,6?/m0/s1. The Kier molecular flexibility index (Phi) is 3.01. The Bertz CT molecular complexity index is 433. The molecule has 1 aliphatic rings. The van der Waals surface area contributed by atoms with E-state index in [9.17, 15) is 9.90 Å². The molecule has 1 amide bonds. The van der Waals surface area contributed by atoms with Crippen LogP contribution in [-0.4, -0.2) is 44.5 Å². The van der Waals surface area contributed by atoms with E-state index in [0.29, 0.717) is 0 Å². The van der Waals surface area contributed by atoms with Gasteiger partial charge in [0.05, 0.1) is 19.0 Å². The van der Waals surface area contributed by atoms with Crippen LogP contribution in [0, 0.1) is 0 Å².